The van der Waals surface area contributed by atoms with Crippen molar-refractivity contribution < 1.29 is 4.79 Å². The molecule has 1 heterocycles. The van der Waals surface area contributed by atoms with Gasteiger partial charge in [-0.3, -0.25) is 4.79 Å². The van der Waals surface area contributed by atoms with Crippen molar-refractivity contribution in [3.8, 4) is 0 Å². The predicted octanol–water partition coefficient (Wildman–Crippen LogP) is 1.55. The number of rotatable bonds is 4. The van der Waals surface area contributed by atoms with Crippen LogP contribution in [-0.4, -0.2) is 25.0 Å². The Bertz CT molecular complexity index is 445. The van der Waals surface area contributed by atoms with Crippen LogP contribution in [0.25, 0.3) is 0 Å². The molecule has 98 valence electrons. The number of carbonyl (C=O) groups is 1. The van der Waals surface area contributed by atoms with Gasteiger partial charge in [-0.2, -0.15) is 0 Å². The molecule has 0 saturated carbocycles. The number of fused-ring (bicyclic) bond motifs is 1. The normalized spacial score (nSPS) is 15.3. The molecule has 4 heteroatoms. The molecule has 0 fully saturated rings. The number of anilines is 2. The van der Waals surface area contributed by atoms with Gasteiger partial charge in [0.15, 0.2) is 0 Å². The third-order valence-corrected chi connectivity index (χ3v) is 3.47. The Hall–Kier alpha value is -1.71. The minimum Gasteiger partial charge on any atom is -0.397 e. The van der Waals surface area contributed by atoms with E-state index < -0.39 is 0 Å². The van der Waals surface area contributed by atoms with Crippen molar-refractivity contribution in [1.82, 2.24) is 5.32 Å². The highest BCUT2D eigenvalue weighted by Crippen LogP contribution is 2.33. The van der Waals surface area contributed by atoms with Crippen LogP contribution in [0.15, 0.2) is 18.2 Å². The second-order valence-electron chi connectivity index (χ2n) is 4.90. The number of amides is 1. The summed E-state index contributed by atoms with van der Waals surface area (Å²) in [7, 11) is 0. The lowest BCUT2D eigenvalue weighted by Crippen LogP contribution is -2.40. The zero-order valence-corrected chi connectivity index (χ0v) is 11.1. The minimum absolute atomic E-state index is 0.0699. The van der Waals surface area contributed by atoms with Crippen LogP contribution < -0.4 is 16.0 Å². The molecule has 1 aromatic rings. The molecule has 0 spiro atoms. The first kappa shape index (κ1) is 12.7. The summed E-state index contributed by atoms with van der Waals surface area (Å²) < 4.78 is 0. The van der Waals surface area contributed by atoms with Gasteiger partial charge in [0.1, 0.15) is 0 Å². The largest absolute Gasteiger partial charge is 0.397 e. The third kappa shape index (κ3) is 2.58. The number of carbonyl (C=O) groups excluding carboxylic acids is 1. The minimum atomic E-state index is 0.0699. The summed E-state index contributed by atoms with van der Waals surface area (Å²) >= 11 is 0. The summed E-state index contributed by atoms with van der Waals surface area (Å²) in [5.41, 5.74) is 9.04. The van der Waals surface area contributed by atoms with Gasteiger partial charge in [-0.25, -0.2) is 0 Å². The van der Waals surface area contributed by atoms with Crippen molar-refractivity contribution in [2.75, 3.05) is 23.7 Å². The highest BCUT2D eigenvalue weighted by Gasteiger charge is 2.23. The number of nitrogens with one attached hydrogen (secondary N) is 1. The lowest BCUT2D eigenvalue weighted by Gasteiger charge is -2.21. The van der Waals surface area contributed by atoms with Crippen molar-refractivity contribution in [2.45, 2.75) is 32.7 Å². The zero-order valence-electron chi connectivity index (χ0n) is 11.1. The highest BCUT2D eigenvalue weighted by atomic mass is 16.2. The van der Waals surface area contributed by atoms with Gasteiger partial charge >= 0.3 is 0 Å². The van der Waals surface area contributed by atoms with E-state index >= 15 is 0 Å². The van der Waals surface area contributed by atoms with Gasteiger partial charge < -0.3 is 16.0 Å². The van der Waals surface area contributed by atoms with Crippen LogP contribution in [0.4, 0.5) is 11.4 Å². The molecular formula is C14H21N3O. The average Bonchev–Trinajstić information content (AvgIpc) is 2.73. The maximum atomic E-state index is 11.9. The molecule has 1 amide bonds. The smallest absolute Gasteiger partial charge is 0.239 e. The first-order valence-electron chi connectivity index (χ1n) is 6.53. The Kier molecular flexibility index (Phi) is 3.75. The topological polar surface area (TPSA) is 58.4 Å². The van der Waals surface area contributed by atoms with E-state index in [-0.39, 0.29) is 11.9 Å². The molecule has 1 aromatic carbocycles. The molecule has 0 bridgehead atoms. The molecule has 3 N–H and O–H groups in total. The number of nitrogen functional groups attached to an aromatic ring is 1. The fourth-order valence-corrected chi connectivity index (χ4v) is 2.32. The van der Waals surface area contributed by atoms with Crippen LogP contribution in [0, 0.1) is 0 Å². The number of nitrogens with two attached hydrogens (primary N) is 1. The number of benzene rings is 1. The van der Waals surface area contributed by atoms with Crippen molar-refractivity contribution in [3.63, 3.8) is 0 Å². The van der Waals surface area contributed by atoms with Gasteiger partial charge in [-0.1, -0.05) is 19.1 Å². The number of hydrogen-bond donors (Lipinski definition) is 2. The monoisotopic (exact) mass is 247 g/mol. The van der Waals surface area contributed by atoms with Crippen molar-refractivity contribution in [2.24, 2.45) is 0 Å². The Labute approximate surface area is 108 Å². The molecule has 1 aliphatic heterocycles. The highest BCUT2D eigenvalue weighted by molar-refractivity contribution is 5.85. The lowest BCUT2D eigenvalue weighted by atomic mass is 10.1. The summed E-state index contributed by atoms with van der Waals surface area (Å²) in [6, 6.07) is 6.17. The van der Waals surface area contributed by atoms with E-state index in [1.54, 1.807) is 0 Å². The summed E-state index contributed by atoms with van der Waals surface area (Å²) in [6.45, 7) is 5.35. The average molecular weight is 247 g/mol. The molecule has 0 radical (unpaired) electrons. The van der Waals surface area contributed by atoms with Crippen LogP contribution >= 0.6 is 0 Å². The number of nitrogens with zero attached hydrogens (tertiary/aromatic N) is 1. The van der Waals surface area contributed by atoms with Crippen LogP contribution in [0.2, 0.25) is 0 Å². The Balaban J connectivity index is 2.04. The molecule has 0 saturated heterocycles. The van der Waals surface area contributed by atoms with Gasteiger partial charge in [0.2, 0.25) is 5.91 Å². The van der Waals surface area contributed by atoms with Crippen molar-refractivity contribution >= 4 is 17.3 Å². The van der Waals surface area contributed by atoms with Crippen molar-refractivity contribution in [3.05, 3.63) is 23.8 Å². The first-order valence-corrected chi connectivity index (χ1v) is 6.53. The standard InChI is InChI=1S/C14H21N3O/c1-3-10(2)16-13(18)9-17-8-7-11-5-4-6-12(15)14(11)17/h4-6,10H,3,7-9,15H2,1-2H3,(H,16,18). The SMILES string of the molecule is CCC(C)NC(=O)CN1CCc2cccc(N)c21. The molecule has 18 heavy (non-hydrogen) atoms. The Morgan fingerprint density at radius 2 is 2.33 bits per heavy atom. The van der Waals surface area contributed by atoms with Crippen LogP contribution in [0.5, 0.6) is 0 Å². The third-order valence-electron chi connectivity index (χ3n) is 3.47. The maximum absolute atomic E-state index is 11.9. The van der Waals surface area contributed by atoms with E-state index in [4.69, 9.17) is 5.73 Å². The van der Waals surface area contributed by atoms with E-state index in [2.05, 4.69) is 23.2 Å². The second-order valence-corrected chi connectivity index (χ2v) is 4.90. The summed E-state index contributed by atoms with van der Waals surface area (Å²) in [4.78, 5) is 14.0. The molecule has 1 aliphatic rings. The van der Waals surface area contributed by atoms with Crippen LogP contribution in [-0.2, 0) is 11.2 Å². The summed E-state index contributed by atoms with van der Waals surface area (Å²) in [5.74, 6) is 0.0699. The Morgan fingerprint density at radius 3 is 3.06 bits per heavy atom. The number of hydrogen-bond acceptors (Lipinski definition) is 3. The lowest BCUT2D eigenvalue weighted by molar-refractivity contribution is -0.120. The van der Waals surface area contributed by atoms with Crippen LogP contribution in [0.3, 0.4) is 0 Å². The molecule has 0 aliphatic carbocycles. The van der Waals surface area contributed by atoms with E-state index in [9.17, 15) is 4.79 Å². The van der Waals surface area contributed by atoms with Gasteiger partial charge in [0, 0.05) is 12.6 Å². The molecule has 0 aromatic heterocycles. The number of para-hydroxylation sites is 1. The molecule has 1 unspecified atom stereocenters. The second kappa shape index (κ2) is 5.29. The van der Waals surface area contributed by atoms with E-state index in [1.807, 2.05) is 19.1 Å². The maximum Gasteiger partial charge on any atom is 0.239 e. The quantitative estimate of drug-likeness (QED) is 0.794. The fraction of sp³-hybridized carbons (Fsp3) is 0.500. The van der Waals surface area contributed by atoms with Gasteiger partial charge in [0.25, 0.3) is 0 Å². The van der Waals surface area contributed by atoms with Gasteiger partial charge in [0.05, 0.1) is 17.9 Å². The molecule has 1 atom stereocenters. The Morgan fingerprint density at radius 1 is 1.56 bits per heavy atom. The van der Waals surface area contributed by atoms with Gasteiger partial charge in [-0.15, -0.1) is 0 Å². The van der Waals surface area contributed by atoms with Gasteiger partial charge in [-0.05, 0) is 31.4 Å². The van der Waals surface area contributed by atoms with Crippen molar-refractivity contribution in [1.29, 1.82) is 0 Å². The summed E-state index contributed by atoms with van der Waals surface area (Å²) in [5, 5.41) is 2.99. The molecule has 2 rings (SSSR count). The predicted molar refractivity (Wildman–Crippen MR) is 74.7 cm³/mol. The fourth-order valence-electron chi connectivity index (χ4n) is 2.32. The molecular weight excluding hydrogens is 226 g/mol. The van der Waals surface area contributed by atoms with E-state index in [1.165, 1.54) is 5.56 Å². The molecule has 4 nitrogen and oxygen atoms in total. The first-order chi connectivity index (χ1) is 8.61. The van der Waals surface area contributed by atoms with E-state index in [0.29, 0.717) is 6.54 Å². The van der Waals surface area contributed by atoms with E-state index in [0.717, 1.165) is 30.8 Å². The zero-order chi connectivity index (χ0) is 13.1. The van der Waals surface area contributed by atoms with Crippen LogP contribution in [0.1, 0.15) is 25.8 Å². The summed E-state index contributed by atoms with van der Waals surface area (Å²) in [6.07, 6.45) is 1.92.